The van der Waals surface area contributed by atoms with Crippen LogP contribution in [0, 0.1) is 11.3 Å². The molecule has 5 heterocycles. The van der Waals surface area contributed by atoms with Crippen molar-refractivity contribution in [1.82, 2.24) is 30.6 Å². The summed E-state index contributed by atoms with van der Waals surface area (Å²) in [4.78, 5) is 42.3. The Morgan fingerprint density at radius 2 is 0.852 bits per heavy atom. The summed E-state index contributed by atoms with van der Waals surface area (Å²) in [5, 5.41) is 16.2. The highest BCUT2D eigenvalue weighted by Gasteiger charge is 2.40. The second kappa shape index (κ2) is 28.2. The summed E-state index contributed by atoms with van der Waals surface area (Å²) in [5.74, 6) is 0.257. The van der Waals surface area contributed by atoms with Crippen LogP contribution in [-0.4, -0.2) is 102 Å². The van der Waals surface area contributed by atoms with E-state index in [1.165, 1.54) is 12.1 Å². The number of benzene rings is 3. The molecule has 0 saturated carbocycles. The van der Waals surface area contributed by atoms with Crippen LogP contribution in [0.2, 0.25) is 32.2 Å². The quantitative estimate of drug-likeness (QED) is 0.0267. The van der Waals surface area contributed by atoms with E-state index in [2.05, 4.69) is 31.7 Å². The Morgan fingerprint density at radius 1 is 0.494 bits per heavy atom. The van der Waals surface area contributed by atoms with Gasteiger partial charge in [0.25, 0.3) is 0 Å². The van der Waals surface area contributed by atoms with Gasteiger partial charge >= 0.3 is 29.8 Å². The minimum atomic E-state index is -2.90. The van der Waals surface area contributed by atoms with Crippen LogP contribution < -0.4 is 20.1 Å². The maximum absolute atomic E-state index is 13.2. The maximum atomic E-state index is 13.2. The third-order valence-electron chi connectivity index (χ3n) is 12.9. The monoisotopic (exact) mass is 1210 g/mol. The first-order valence-corrected chi connectivity index (χ1v) is 32.2. The van der Waals surface area contributed by atoms with E-state index in [0.29, 0.717) is 137 Å². The molecule has 8 bridgehead atoms. The average Bonchev–Trinajstić information content (AvgIpc) is 4.41. The van der Waals surface area contributed by atoms with E-state index in [1.54, 1.807) is 24.3 Å². The van der Waals surface area contributed by atoms with Gasteiger partial charge in [0.05, 0.1) is 48.6 Å². The van der Waals surface area contributed by atoms with Gasteiger partial charge in [-0.25, -0.2) is 14.6 Å². The van der Waals surface area contributed by atoms with Crippen molar-refractivity contribution in [1.29, 1.82) is 5.26 Å². The normalized spacial score (nSPS) is 12.0. The largest absolute Gasteiger partial charge is 0.500 e. The lowest BCUT2D eigenvalue weighted by molar-refractivity contribution is 0.0700. The number of fused-ring (bicyclic) bond motifs is 9. The van der Waals surface area contributed by atoms with Gasteiger partial charge in [-0.2, -0.15) is 5.26 Å². The van der Waals surface area contributed by atoms with Crippen molar-refractivity contribution in [2.24, 2.45) is 0 Å². The van der Waals surface area contributed by atoms with Crippen molar-refractivity contribution < 1.29 is 45.6 Å². The number of amides is 2. The van der Waals surface area contributed by atoms with E-state index < -0.39 is 29.8 Å². The number of hydrogen-bond donors (Lipinski definition) is 5. The highest BCUT2D eigenvalue weighted by molar-refractivity contribution is 6.61. The SMILES string of the molecule is CCO[Si](CCCNC(=O)Oc1cc(Cl)c(-c2c3nc(c4ccc([nH]4)c(-c4c(Cl)cc(OC(=O)NCCC[Si](OCC)(OCC)OCC)cc4Cl)c4ccc([nH]4)c(-c4ccc(C#N)cc4)c4ccc2[nH]4)C=C3)c(Cl)c1)(OCC)OCC. The molecule has 81 heavy (non-hydrogen) atoms. The van der Waals surface area contributed by atoms with Crippen molar-refractivity contribution >= 4 is 121 Å². The van der Waals surface area contributed by atoms with E-state index in [4.69, 9.17) is 87.4 Å². The van der Waals surface area contributed by atoms with Gasteiger partial charge in [-0.15, -0.1) is 0 Å². The summed E-state index contributed by atoms with van der Waals surface area (Å²) in [7, 11) is -5.80. The molecular weight excluding hydrogens is 1150 g/mol. The standard InChI is InChI=1S/C58H63Cl4N7O10Si2/c1-7-72-80(73-8-2,74-9-3)29-13-27-64-57(70)78-38-31-40(59)53(41(60)32-38)55-48-21-19-44(66-48)45-20-22-49(67-45)56(51-26-24-47(69-51)52(46-23-25-50(55)68-46)37-17-15-36(35-63)16-18-37)54-42(61)33-39(34-43(54)62)79-58(71)65-28-14-30-81(75-10-4,76-11-5)77-12-6/h15-26,31-34,66,68-69H,7-14,27-30H2,1-6H3,(H,64,70)(H,65,71). The van der Waals surface area contributed by atoms with Gasteiger partial charge in [-0.1, -0.05) is 58.5 Å². The van der Waals surface area contributed by atoms with Crippen LogP contribution in [0.25, 0.3) is 78.6 Å². The van der Waals surface area contributed by atoms with Crippen LogP contribution in [-0.2, 0) is 26.6 Å². The predicted molar refractivity (Wildman–Crippen MR) is 324 cm³/mol. The number of rotatable bonds is 25. The van der Waals surface area contributed by atoms with Gasteiger partial charge in [-0.3, -0.25) is 0 Å². The minimum Gasteiger partial charge on any atom is -0.410 e. The number of carbonyl (C=O) groups is 2. The molecule has 0 unspecified atom stereocenters. The molecule has 2 amide bonds. The number of aromatic nitrogens is 4. The topological polar surface area (TPSA) is 216 Å². The number of halogens is 4. The number of H-pyrrole nitrogens is 3. The fourth-order valence-electron chi connectivity index (χ4n) is 9.67. The zero-order valence-electron chi connectivity index (χ0n) is 45.7. The average molecular weight is 1220 g/mol. The Balaban J connectivity index is 1.17. The van der Waals surface area contributed by atoms with E-state index >= 15 is 0 Å². The summed E-state index contributed by atoms with van der Waals surface area (Å²) in [6.45, 7) is 14.6. The van der Waals surface area contributed by atoms with E-state index in [0.717, 1.165) is 11.1 Å². The smallest absolute Gasteiger partial charge is 0.410 e. The lowest BCUT2D eigenvalue weighted by Gasteiger charge is -2.28. The number of ether oxygens (including phenoxy) is 2. The third kappa shape index (κ3) is 14.5. The van der Waals surface area contributed by atoms with Gasteiger partial charge in [-0.05, 0) is 121 Å². The highest BCUT2D eigenvalue weighted by atomic mass is 35.5. The lowest BCUT2D eigenvalue weighted by Crippen LogP contribution is -2.46. The second-order valence-electron chi connectivity index (χ2n) is 18.2. The zero-order chi connectivity index (χ0) is 57.7. The molecule has 5 N–H and O–H groups in total. The number of nitrogens with one attached hydrogen (secondary N) is 5. The molecule has 4 aromatic heterocycles. The van der Waals surface area contributed by atoms with Crippen LogP contribution >= 0.6 is 46.4 Å². The lowest BCUT2D eigenvalue weighted by atomic mass is 10.0. The Hall–Kier alpha value is -6.23. The number of aromatic amines is 3. The van der Waals surface area contributed by atoms with Crippen LogP contribution in [0.1, 0.15) is 71.3 Å². The number of hydrogen-bond acceptors (Lipinski definition) is 12. The number of nitriles is 1. The van der Waals surface area contributed by atoms with Crippen molar-refractivity contribution in [3.8, 4) is 50.9 Å². The summed E-state index contributed by atoms with van der Waals surface area (Å²) in [6.07, 6.45) is 3.43. The third-order valence-corrected chi connectivity index (χ3v) is 20.4. The van der Waals surface area contributed by atoms with E-state index in [-0.39, 0.29) is 44.7 Å². The molecule has 8 rings (SSSR count). The Kier molecular flexibility index (Phi) is 21.2. The molecule has 1 aliphatic rings. The van der Waals surface area contributed by atoms with Gasteiger partial charge in [0, 0.05) is 144 Å². The molecule has 426 valence electrons. The molecule has 23 heteroatoms. The molecule has 3 aromatic carbocycles. The van der Waals surface area contributed by atoms with E-state index in [1.807, 2.05) is 102 Å². The van der Waals surface area contributed by atoms with Gasteiger partial charge in [0.1, 0.15) is 11.5 Å². The van der Waals surface area contributed by atoms with Crippen molar-refractivity contribution in [2.45, 2.75) is 66.5 Å². The first kappa shape index (κ1) is 60.9. The molecule has 0 atom stereocenters. The molecule has 0 saturated heterocycles. The van der Waals surface area contributed by atoms with E-state index in [9.17, 15) is 14.9 Å². The molecule has 17 nitrogen and oxygen atoms in total. The van der Waals surface area contributed by atoms with Crippen molar-refractivity contribution in [3.05, 3.63) is 122 Å². The fraction of sp³-hybridized carbons (Fsp3) is 0.310. The number of nitrogens with zero attached hydrogens (tertiary/aromatic N) is 2. The molecule has 0 radical (unpaired) electrons. The first-order valence-electron chi connectivity index (χ1n) is 26.8. The molecule has 1 aliphatic heterocycles. The molecular formula is C58H63Cl4N7O10Si2. The Bertz CT molecular complexity index is 3500. The van der Waals surface area contributed by atoms with Crippen molar-refractivity contribution in [3.63, 3.8) is 0 Å². The second-order valence-corrected chi connectivity index (χ2v) is 25.3. The highest BCUT2D eigenvalue weighted by Crippen LogP contribution is 2.45. The van der Waals surface area contributed by atoms with Crippen LogP contribution in [0.15, 0.2) is 84.9 Å². The summed E-state index contributed by atoms with van der Waals surface area (Å²) in [5.41, 5.74) is 9.11. The summed E-state index contributed by atoms with van der Waals surface area (Å²) >= 11 is 28.8. The van der Waals surface area contributed by atoms with Gasteiger partial charge in [0.15, 0.2) is 0 Å². The fourth-order valence-corrected chi connectivity index (χ4v) is 16.2. The van der Waals surface area contributed by atoms with Crippen LogP contribution in [0.3, 0.4) is 0 Å². The number of carbonyl (C=O) groups excluding carboxylic acids is 2. The molecule has 0 aliphatic carbocycles. The molecule has 0 fully saturated rings. The van der Waals surface area contributed by atoms with Gasteiger partial charge in [0.2, 0.25) is 0 Å². The zero-order valence-corrected chi connectivity index (χ0v) is 50.7. The Labute approximate surface area is 492 Å². The van der Waals surface area contributed by atoms with Crippen molar-refractivity contribution in [2.75, 3.05) is 52.7 Å². The Morgan fingerprint density at radius 3 is 1.26 bits per heavy atom. The van der Waals surface area contributed by atoms with Crippen LogP contribution in [0.5, 0.6) is 11.5 Å². The summed E-state index contributed by atoms with van der Waals surface area (Å²) in [6, 6.07) is 28.2. The predicted octanol–water partition coefficient (Wildman–Crippen LogP) is 15.2. The first-order chi connectivity index (χ1) is 39.2. The molecule has 0 spiro atoms. The van der Waals surface area contributed by atoms with Gasteiger partial charge < -0.3 is 61.6 Å². The summed E-state index contributed by atoms with van der Waals surface area (Å²) < 4.78 is 47.2. The van der Waals surface area contributed by atoms with Crippen LogP contribution in [0.4, 0.5) is 9.59 Å². The minimum absolute atomic E-state index is 0.126. The molecule has 7 aromatic rings. The maximum Gasteiger partial charge on any atom is 0.500 e.